The van der Waals surface area contributed by atoms with Gasteiger partial charge in [-0.05, 0) is 36.7 Å². The van der Waals surface area contributed by atoms with Crippen LogP contribution in [-0.4, -0.2) is 23.2 Å². The van der Waals surface area contributed by atoms with Crippen molar-refractivity contribution in [2.75, 3.05) is 18.0 Å². The molecule has 1 fully saturated rings. The monoisotopic (exact) mass is 262 g/mol. The van der Waals surface area contributed by atoms with E-state index in [4.69, 9.17) is 0 Å². The number of hydrogen-bond acceptors (Lipinski definition) is 3. The van der Waals surface area contributed by atoms with Crippen molar-refractivity contribution in [3.63, 3.8) is 0 Å². The molecule has 106 valence electrons. The van der Waals surface area contributed by atoms with Gasteiger partial charge in [0.1, 0.15) is 0 Å². The molecule has 0 radical (unpaired) electrons. The minimum absolute atomic E-state index is 0.0718. The van der Waals surface area contributed by atoms with Crippen LogP contribution in [0, 0.1) is 11.3 Å². The number of anilines is 1. The summed E-state index contributed by atoms with van der Waals surface area (Å²) in [6, 6.07) is 2.03. The van der Waals surface area contributed by atoms with Crippen LogP contribution in [0.25, 0.3) is 0 Å². The van der Waals surface area contributed by atoms with Crippen LogP contribution < -0.4 is 4.90 Å². The predicted octanol–water partition coefficient (Wildman–Crippen LogP) is 3.23. The van der Waals surface area contributed by atoms with E-state index in [0.29, 0.717) is 5.41 Å². The Hall–Kier alpha value is -1.09. The first-order valence-electron chi connectivity index (χ1n) is 7.31. The lowest BCUT2D eigenvalue weighted by molar-refractivity contribution is 0.220. The Bertz CT molecular complexity index is 411. The van der Waals surface area contributed by atoms with E-state index in [2.05, 4.69) is 30.7 Å². The van der Waals surface area contributed by atoms with E-state index in [1.165, 1.54) is 19.3 Å². The van der Waals surface area contributed by atoms with Crippen LogP contribution >= 0.6 is 0 Å². The molecular formula is C16H26N2O. The maximum atomic E-state index is 9.43. The largest absolute Gasteiger partial charge is 0.392 e. The van der Waals surface area contributed by atoms with Gasteiger partial charge in [-0.1, -0.05) is 20.8 Å². The van der Waals surface area contributed by atoms with E-state index in [1.54, 1.807) is 6.20 Å². The predicted molar refractivity (Wildman–Crippen MR) is 79.2 cm³/mol. The maximum Gasteiger partial charge on any atom is 0.0717 e. The zero-order chi connectivity index (χ0) is 13.9. The Balaban J connectivity index is 2.11. The number of aliphatic hydroxyl groups is 1. The fourth-order valence-corrected chi connectivity index (χ4v) is 3.05. The lowest BCUT2D eigenvalue weighted by Crippen LogP contribution is -2.27. The van der Waals surface area contributed by atoms with Gasteiger partial charge in [0.15, 0.2) is 0 Å². The van der Waals surface area contributed by atoms with Gasteiger partial charge in [-0.25, -0.2) is 0 Å². The van der Waals surface area contributed by atoms with Gasteiger partial charge in [0.05, 0.1) is 6.61 Å². The van der Waals surface area contributed by atoms with Crippen molar-refractivity contribution in [1.29, 1.82) is 0 Å². The van der Waals surface area contributed by atoms with E-state index in [9.17, 15) is 5.11 Å². The first-order chi connectivity index (χ1) is 9.02. The Morgan fingerprint density at radius 2 is 2.11 bits per heavy atom. The van der Waals surface area contributed by atoms with Crippen LogP contribution in [0.1, 0.15) is 45.6 Å². The Labute approximate surface area is 116 Å². The molecule has 19 heavy (non-hydrogen) atoms. The van der Waals surface area contributed by atoms with Crippen LogP contribution in [0.3, 0.4) is 0 Å². The highest BCUT2D eigenvalue weighted by molar-refractivity contribution is 5.52. The van der Waals surface area contributed by atoms with Crippen LogP contribution in [0.4, 0.5) is 5.69 Å². The Morgan fingerprint density at radius 3 is 2.79 bits per heavy atom. The van der Waals surface area contributed by atoms with Crippen LogP contribution in [0.2, 0.25) is 0 Å². The highest BCUT2D eigenvalue weighted by atomic mass is 16.3. The summed E-state index contributed by atoms with van der Waals surface area (Å²) in [7, 11) is 0. The minimum Gasteiger partial charge on any atom is -0.392 e. The molecule has 3 nitrogen and oxygen atoms in total. The SMILES string of the molecule is CC(C)(C)C1CCCN(c2ccncc2CO)CC1. The van der Waals surface area contributed by atoms with E-state index in [-0.39, 0.29) is 6.61 Å². The molecule has 1 saturated heterocycles. The standard InChI is InChI=1S/C16H26N2O/c1-16(2,3)14-5-4-9-18(10-7-14)15-6-8-17-11-13(15)12-19/h6,8,11,14,19H,4-5,7,9-10,12H2,1-3H3. The smallest absolute Gasteiger partial charge is 0.0717 e. The fourth-order valence-electron chi connectivity index (χ4n) is 3.05. The molecule has 1 aliphatic heterocycles. The van der Waals surface area contributed by atoms with Gasteiger partial charge in [0.2, 0.25) is 0 Å². The summed E-state index contributed by atoms with van der Waals surface area (Å²) in [5.74, 6) is 0.789. The maximum absolute atomic E-state index is 9.43. The molecule has 3 heteroatoms. The molecule has 1 aromatic heterocycles. The molecule has 2 rings (SSSR count). The number of rotatable bonds is 2. The van der Waals surface area contributed by atoms with Crippen LogP contribution in [0.15, 0.2) is 18.5 Å². The highest BCUT2D eigenvalue weighted by Gasteiger charge is 2.27. The van der Waals surface area contributed by atoms with E-state index in [0.717, 1.165) is 30.3 Å². The Morgan fingerprint density at radius 1 is 1.32 bits per heavy atom. The molecule has 1 atom stereocenters. The third kappa shape index (κ3) is 3.47. The number of pyridine rings is 1. The number of aliphatic hydroxyl groups excluding tert-OH is 1. The molecule has 0 spiro atoms. The van der Waals surface area contributed by atoms with E-state index in [1.807, 2.05) is 12.3 Å². The molecule has 0 amide bonds. The topological polar surface area (TPSA) is 36.4 Å². The van der Waals surface area contributed by atoms with Crippen molar-refractivity contribution in [2.45, 2.75) is 46.6 Å². The summed E-state index contributed by atoms with van der Waals surface area (Å²) >= 11 is 0. The third-order valence-electron chi connectivity index (χ3n) is 4.34. The van der Waals surface area contributed by atoms with Crippen molar-refractivity contribution in [3.05, 3.63) is 24.0 Å². The van der Waals surface area contributed by atoms with Crippen LogP contribution in [-0.2, 0) is 6.61 Å². The van der Waals surface area contributed by atoms with Crippen LogP contribution in [0.5, 0.6) is 0 Å². The van der Waals surface area contributed by atoms with Gasteiger partial charge in [-0.15, -0.1) is 0 Å². The highest BCUT2D eigenvalue weighted by Crippen LogP contribution is 2.35. The zero-order valence-corrected chi connectivity index (χ0v) is 12.4. The molecule has 0 aliphatic carbocycles. The molecule has 0 saturated carbocycles. The lowest BCUT2D eigenvalue weighted by atomic mass is 9.77. The summed E-state index contributed by atoms with van der Waals surface area (Å²) in [6.07, 6.45) is 7.37. The summed E-state index contributed by atoms with van der Waals surface area (Å²) in [5, 5.41) is 9.43. The quantitative estimate of drug-likeness (QED) is 0.889. The van der Waals surface area contributed by atoms with Gasteiger partial charge in [0.25, 0.3) is 0 Å². The van der Waals surface area contributed by atoms with Crippen molar-refractivity contribution in [2.24, 2.45) is 11.3 Å². The summed E-state index contributed by atoms with van der Waals surface area (Å²) < 4.78 is 0. The molecule has 1 N–H and O–H groups in total. The van der Waals surface area contributed by atoms with E-state index < -0.39 is 0 Å². The van der Waals surface area contributed by atoms with Gasteiger partial charge < -0.3 is 10.0 Å². The molecule has 2 heterocycles. The van der Waals surface area contributed by atoms with E-state index >= 15 is 0 Å². The van der Waals surface area contributed by atoms with Gasteiger partial charge in [0, 0.05) is 36.7 Å². The number of hydrogen-bond donors (Lipinski definition) is 1. The normalized spacial score (nSPS) is 21.3. The molecule has 1 unspecified atom stereocenters. The fraction of sp³-hybridized carbons (Fsp3) is 0.688. The first kappa shape index (κ1) is 14.3. The van der Waals surface area contributed by atoms with Crippen molar-refractivity contribution in [3.8, 4) is 0 Å². The lowest BCUT2D eigenvalue weighted by Gasteiger charge is -2.30. The zero-order valence-electron chi connectivity index (χ0n) is 12.4. The average molecular weight is 262 g/mol. The summed E-state index contributed by atoms with van der Waals surface area (Å²) in [5.41, 5.74) is 2.50. The third-order valence-corrected chi connectivity index (χ3v) is 4.34. The molecule has 1 aliphatic rings. The van der Waals surface area contributed by atoms with Gasteiger partial charge >= 0.3 is 0 Å². The summed E-state index contributed by atoms with van der Waals surface area (Å²) in [4.78, 5) is 6.52. The minimum atomic E-state index is 0.0718. The average Bonchev–Trinajstić information content (AvgIpc) is 2.64. The summed E-state index contributed by atoms with van der Waals surface area (Å²) in [6.45, 7) is 9.28. The van der Waals surface area contributed by atoms with Gasteiger partial charge in [-0.2, -0.15) is 0 Å². The first-order valence-corrected chi connectivity index (χ1v) is 7.31. The second-order valence-corrected chi connectivity index (χ2v) is 6.64. The second kappa shape index (κ2) is 5.91. The molecule has 0 bridgehead atoms. The van der Waals surface area contributed by atoms with Gasteiger partial charge in [-0.3, -0.25) is 4.98 Å². The van der Waals surface area contributed by atoms with Crippen molar-refractivity contribution < 1.29 is 5.11 Å². The Kier molecular flexibility index (Phi) is 4.46. The molecular weight excluding hydrogens is 236 g/mol. The number of aromatic nitrogens is 1. The molecule has 1 aromatic rings. The van der Waals surface area contributed by atoms with Crippen molar-refractivity contribution in [1.82, 2.24) is 4.98 Å². The molecule has 0 aromatic carbocycles. The second-order valence-electron chi connectivity index (χ2n) is 6.64. The number of nitrogens with zero attached hydrogens (tertiary/aromatic N) is 2. The van der Waals surface area contributed by atoms with Crippen molar-refractivity contribution >= 4 is 5.69 Å².